The number of amides is 1. The van der Waals surface area contributed by atoms with Crippen molar-refractivity contribution in [2.45, 2.75) is 0 Å². The van der Waals surface area contributed by atoms with Crippen LogP contribution < -0.4 is 5.32 Å². The average Bonchev–Trinajstić information content (AvgIpc) is 2.77. The molecule has 1 heterocycles. The summed E-state index contributed by atoms with van der Waals surface area (Å²) in [6.45, 7) is -0.427. The lowest BCUT2D eigenvalue weighted by atomic mass is 10.1. The lowest BCUT2D eigenvalue weighted by Gasteiger charge is -2.09. The summed E-state index contributed by atoms with van der Waals surface area (Å²) in [5.74, 6) is -1.12. The minimum atomic E-state index is -0.657. The Morgan fingerprint density at radius 2 is 1.70 bits per heavy atom. The monoisotopic (exact) mass is 417 g/mol. The summed E-state index contributed by atoms with van der Waals surface area (Å²) in [5, 5.41) is 2.98. The molecule has 0 bridgehead atoms. The molecule has 0 radical (unpaired) electrons. The summed E-state index contributed by atoms with van der Waals surface area (Å²) in [4.78, 5) is 33.3. The first-order valence-corrected chi connectivity index (χ1v) is 9.52. The summed E-state index contributed by atoms with van der Waals surface area (Å²) in [5.41, 5.74) is 3.86. The maximum absolute atomic E-state index is 12.2. The molecule has 1 aromatic heterocycles. The summed E-state index contributed by atoms with van der Waals surface area (Å²) in [6.07, 6.45) is 1.69. The molecule has 3 aromatic carbocycles. The highest BCUT2D eigenvalue weighted by Crippen LogP contribution is 2.22. The van der Waals surface area contributed by atoms with Gasteiger partial charge in [-0.1, -0.05) is 48.0 Å². The van der Waals surface area contributed by atoms with Crippen molar-refractivity contribution in [3.8, 4) is 11.3 Å². The number of benzene rings is 3. The molecule has 0 atom stereocenters. The fourth-order valence-electron chi connectivity index (χ4n) is 2.89. The number of para-hydroxylation sites is 2. The first-order chi connectivity index (χ1) is 14.6. The van der Waals surface area contributed by atoms with Gasteiger partial charge in [-0.15, -0.1) is 0 Å². The number of nitrogens with zero attached hydrogens (tertiary/aromatic N) is 2. The Morgan fingerprint density at radius 1 is 0.933 bits per heavy atom. The molecule has 0 unspecified atom stereocenters. The Balaban J connectivity index is 1.43. The molecule has 0 saturated heterocycles. The molecule has 30 heavy (non-hydrogen) atoms. The Morgan fingerprint density at radius 3 is 2.53 bits per heavy atom. The highest BCUT2D eigenvalue weighted by molar-refractivity contribution is 6.33. The van der Waals surface area contributed by atoms with Crippen molar-refractivity contribution in [2.75, 3.05) is 11.9 Å². The predicted octanol–water partition coefficient (Wildman–Crippen LogP) is 4.75. The molecule has 6 nitrogen and oxygen atoms in total. The molecule has 0 aliphatic carbocycles. The van der Waals surface area contributed by atoms with Gasteiger partial charge < -0.3 is 10.1 Å². The quantitative estimate of drug-likeness (QED) is 0.474. The predicted molar refractivity (Wildman–Crippen MR) is 115 cm³/mol. The Labute approximate surface area is 177 Å². The van der Waals surface area contributed by atoms with E-state index in [0.29, 0.717) is 11.4 Å². The molecule has 1 N–H and O–H groups in total. The largest absolute Gasteiger partial charge is 0.452 e. The Hall–Kier alpha value is -3.77. The molecular weight excluding hydrogens is 402 g/mol. The summed E-state index contributed by atoms with van der Waals surface area (Å²) in [7, 11) is 0. The third-order valence-corrected chi connectivity index (χ3v) is 4.65. The first-order valence-electron chi connectivity index (χ1n) is 9.14. The van der Waals surface area contributed by atoms with Gasteiger partial charge in [0.2, 0.25) is 0 Å². The van der Waals surface area contributed by atoms with Crippen molar-refractivity contribution in [3.63, 3.8) is 0 Å². The van der Waals surface area contributed by atoms with E-state index < -0.39 is 18.5 Å². The maximum Gasteiger partial charge on any atom is 0.340 e. The van der Waals surface area contributed by atoms with Crippen LogP contribution in [0.25, 0.3) is 22.3 Å². The zero-order valence-corrected chi connectivity index (χ0v) is 16.5. The number of nitrogens with one attached hydrogen (secondary N) is 1. The van der Waals surface area contributed by atoms with E-state index in [2.05, 4.69) is 15.3 Å². The zero-order valence-electron chi connectivity index (χ0n) is 15.7. The van der Waals surface area contributed by atoms with Crippen molar-refractivity contribution < 1.29 is 14.3 Å². The van der Waals surface area contributed by atoms with Crippen LogP contribution in [0.2, 0.25) is 5.02 Å². The molecule has 4 aromatic rings. The van der Waals surface area contributed by atoms with Crippen LogP contribution in [-0.4, -0.2) is 28.5 Å². The second kappa shape index (κ2) is 8.71. The number of ether oxygens (including phenoxy) is 1. The first kappa shape index (κ1) is 19.5. The Bertz CT molecular complexity index is 1240. The SMILES string of the molecule is O=C(COC(=O)c1ccccc1Cl)Nc1cccc(-c2cnc3ccccc3n2)c1. The molecule has 0 spiro atoms. The number of hydrogen-bond acceptors (Lipinski definition) is 5. The van der Waals surface area contributed by atoms with Gasteiger partial charge in [0, 0.05) is 11.3 Å². The van der Waals surface area contributed by atoms with Gasteiger partial charge >= 0.3 is 5.97 Å². The molecule has 0 saturated carbocycles. The van der Waals surface area contributed by atoms with Gasteiger partial charge in [-0.3, -0.25) is 9.78 Å². The van der Waals surface area contributed by atoms with Crippen LogP contribution in [0.4, 0.5) is 5.69 Å². The number of halogens is 1. The number of carbonyl (C=O) groups excluding carboxylic acids is 2. The molecule has 148 valence electrons. The van der Waals surface area contributed by atoms with Crippen LogP contribution in [0.3, 0.4) is 0 Å². The summed E-state index contributed by atoms with van der Waals surface area (Å²) < 4.78 is 5.05. The van der Waals surface area contributed by atoms with Crippen molar-refractivity contribution in [1.82, 2.24) is 9.97 Å². The van der Waals surface area contributed by atoms with E-state index in [1.165, 1.54) is 6.07 Å². The highest BCUT2D eigenvalue weighted by atomic mass is 35.5. The fraction of sp³-hybridized carbons (Fsp3) is 0.0435. The van der Waals surface area contributed by atoms with Crippen LogP contribution in [0.15, 0.2) is 79.0 Å². The van der Waals surface area contributed by atoms with Gasteiger partial charge in [-0.2, -0.15) is 0 Å². The van der Waals surface area contributed by atoms with Gasteiger partial charge in [-0.25, -0.2) is 9.78 Å². The smallest absolute Gasteiger partial charge is 0.340 e. The topological polar surface area (TPSA) is 81.2 Å². The van der Waals surface area contributed by atoms with E-state index in [0.717, 1.165) is 16.6 Å². The van der Waals surface area contributed by atoms with Gasteiger partial charge in [0.05, 0.1) is 33.5 Å². The Kier molecular flexibility index (Phi) is 5.68. The fourth-order valence-corrected chi connectivity index (χ4v) is 3.10. The molecule has 7 heteroatoms. The second-order valence-electron chi connectivity index (χ2n) is 6.43. The van der Waals surface area contributed by atoms with Gasteiger partial charge in [0.15, 0.2) is 6.61 Å². The molecule has 0 aliphatic heterocycles. The standard InChI is InChI=1S/C23H16ClN3O3/c24-18-9-2-1-8-17(18)23(29)30-14-22(28)26-16-7-5-6-15(12-16)21-13-25-19-10-3-4-11-20(19)27-21/h1-13H,14H2,(H,26,28). The average molecular weight is 418 g/mol. The normalized spacial score (nSPS) is 10.6. The van der Waals surface area contributed by atoms with Crippen LogP contribution >= 0.6 is 11.6 Å². The highest BCUT2D eigenvalue weighted by Gasteiger charge is 2.13. The molecule has 0 fully saturated rings. The van der Waals surface area contributed by atoms with E-state index in [4.69, 9.17) is 16.3 Å². The minimum Gasteiger partial charge on any atom is -0.452 e. The second-order valence-corrected chi connectivity index (χ2v) is 6.84. The van der Waals surface area contributed by atoms with E-state index >= 15 is 0 Å². The van der Waals surface area contributed by atoms with Gasteiger partial charge in [0.25, 0.3) is 5.91 Å². The number of esters is 1. The third kappa shape index (κ3) is 4.45. The van der Waals surface area contributed by atoms with Gasteiger partial charge in [0.1, 0.15) is 0 Å². The van der Waals surface area contributed by atoms with E-state index in [1.54, 1.807) is 42.6 Å². The van der Waals surface area contributed by atoms with Crippen LogP contribution in [0.1, 0.15) is 10.4 Å². The van der Waals surface area contributed by atoms with Crippen molar-refractivity contribution in [2.24, 2.45) is 0 Å². The third-order valence-electron chi connectivity index (χ3n) is 4.32. The number of rotatable bonds is 5. The lowest BCUT2D eigenvalue weighted by Crippen LogP contribution is -2.21. The summed E-state index contributed by atoms with van der Waals surface area (Å²) in [6, 6.07) is 21.3. The number of hydrogen-bond donors (Lipinski definition) is 1. The molecule has 1 amide bonds. The zero-order chi connectivity index (χ0) is 20.9. The number of fused-ring (bicyclic) bond motifs is 1. The van der Waals surface area contributed by atoms with Gasteiger partial charge in [-0.05, 0) is 36.4 Å². The van der Waals surface area contributed by atoms with Crippen LogP contribution in [0.5, 0.6) is 0 Å². The van der Waals surface area contributed by atoms with E-state index in [1.807, 2.05) is 30.3 Å². The number of anilines is 1. The van der Waals surface area contributed by atoms with E-state index in [9.17, 15) is 9.59 Å². The van der Waals surface area contributed by atoms with E-state index in [-0.39, 0.29) is 10.6 Å². The van der Waals surface area contributed by atoms with Crippen LogP contribution in [0, 0.1) is 0 Å². The van der Waals surface area contributed by atoms with Crippen molar-refractivity contribution in [3.05, 3.63) is 89.6 Å². The molecule has 4 rings (SSSR count). The van der Waals surface area contributed by atoms with Crippen LogP contribution in [-0.2, 0) is 9.53 Å². The molecular formula is C23H16ClN3O3. The maximum atomic E-state index is 12.2. The van der Waals surface area contributed by atoms with Crippen molar-refractivity contribution >= 4 is 40.2 Å². The number of aromatic nitrogens is 2. The minimum absolute atomic E-state index is 0.212. The molecule has 0 aliphatic rings. The lowest BCUT2D eigenvalue weighted by molar-refractivity contribution is -0.119. The number of carbonyl (C=O) groups is 2. The van der Waals surface area contributed by atoms with Crippen molar-refractivity contribution in [1.29, 1.82) is 0 Å². The summed E-state index contributed by atoms with van der Waals surface area (Å²) >= 11 is 5.96.